The molecule has 1 aromatic heterocycles. The first-order valence-corrected chi connectivity index (χ1v) is 5.57. The largest absolute Gasteiger partial charge is 0.277 e. The van der Waals surface area contributed by atoms with Gasteiger partial charge in [0.15, 0.2) is 0 Å². The minimum atomic E-state index is -0.267. The normalized spacial score (nSPS) is 13.9. The second-order valence-electron chi connectivity index (χ2n) is 4.11. The second kappa shape index (κ2) is 3.77. The van der Waals surface area contributed by atoms with Crippen molar-refractivity contribution in [2.24, 2.45) is 0 Å². The summed E-state index contributed by atoms with van der Waals surface area (Å²) in [6, 6.07) is 10.7. The van der Waals surface area contributed by atoms with Crippen LogP contribution in [0.2, 0.25) is 0 Å². The second-order valence-corrected chi connectivity index (χ2v) is 4.11. The fourth-order valence-corrected chi connectivity index (χ4v) is 2.14. The average molecular weight is 238 g/mol. The molecule has 1 aliphatic heterocycles. The Morgan fingerprint density at radius 1 is 0.944 bits per heavy atom. The van der Waals surface area contributed by atoms with Crippen LogP contribution in [0.15, 0.2) is 42.6 Å². The summed E-state index contributed by atoms with van der Waals surface area (Å²) >= 11 is 0. The maximum absolute atomic E-state index is 12.1. The third-order valence-electron chi connectivity index (χ3n) is 3.06. The zero-order valence-electron chi connectivity index (χ0n) is 9.75. The molecule has 0 fully saturated rings. The minimum absolute atomic E-state index is 0.257. The van der Waals surface area contributed by atoms with Gasteiger partial charge in [-0.3, -0.25) is 19.5 Å². The van der Waals surface area contributed by atoms with Crippen molar-refractivity contribution in [3.05, 3.63) is 53.7 Å². The predicted molar refractivity (Wildman–Crippen MR) is 66.1 cm³/mol. The van der Waals surface area contributed by atoms with Crippen molar-refractivity contribution in [2.45, 2.75) is 0 Å². The van der Waals surface area contributed by atoms with E-state index in [1.165, 1.54) is 7.05 Å². The van der Waals surface area contributed by atoms with Gasteiger partial charge in [-0.2, -0.15) is 0 Å². The zero-order valence-corrected chi connectivity index (χ0v) is 9.75. The third-order valence-corrected chi connectivity index (χ3v) is 3.06. The van der Waals surface area contributed by atoms with E-state index in [0.717, 1.165) is 4.90 Å². The lowest BCUT2D eigenvalue weighted by Gasteiger charge is -2.05. The standard InChI is InChI=1S/C14H10N2O2/c1-16-13(17)10-6-4-5-9(12(10)14(16)18)11-7-2-3-8-15-11/h2-8H,1H3. The first-order chi connectivity index (χ1) is 8.70. The molecule has 88 valence electrons. The van der Waals surface area contributed by atoms with Gasteiger partial charge < -0.3 is 0 Å². The molecule has 18 heavy (non-hydrogen) atoms. The lowest BCUT2D eigenvalue weighted by atomic mass is 10.00. The van der Waals surface area contributed by atoms with Gasteiger partial charge in [-0.05, 0) is 18.2 Å². The zero-order chi connectivity index (χ0) is 12.7. The van der Waals surface area contributed by atoms with Crippen molar-refractivity contribution in [2.75, 3.05) is 7.05 Å². The Morgan fingerprint density at radius 3 is 2.44 bits per heavy atom. The molecule has 1 aromatic carbocycles. The number of imide groups is 1. The lowest BCUT2D eigenvalue weighted by molar-refractivity contribution is 0.0693. The summed E-state index contributed by atoms with van der Waals surface area (Å²) in [4.78, 5) is 29.3. The Labute approximate surface area is 104 Å². The number of aromatic nitrogens is 1. The maximum Gasteiger partial charge on any atom is 0.261 e. The molecule has 4 nitrogen and oxygen atoms in total. The molecule has 0 bridgehead atoms. The topological polar surface area (TPSA) is 50.3 Å². The van der Waals surface area contributed by atoms with E-state index in [4.69, 9.17) is 0 Å². The molecule has 0 N–H and O–H groups in total. The summed E-state index contributed by atoms with van der Waals surface area (Å²) < 4.78 is 0. The number of nitrogens with zero attached hydrogens (tertiary/aromatic N) is 2. The quantitative estimate of drug-likeness (QED) is 0.714. The van der Waals surface area contributed by atoms with Crippen LogP contribution in [0.4, 0.5) is 0 Å². The molecule has 0 unspecified atom stereocenters. The smallest absolute Gasteiger partial charge is 0.261 e. The molecule has 0 saturated heterocycles. The number of hydrogen-bond donors (Lipinski definition) is 0. The number of amides is 2. The van der Waals surface area contributed by atoms with E-state index in [2.05, 4.69) is 4.98 Å². The summed E-state index contributed by atoms with van der Waals surface area (Å²) in [5, 5.41) is 0. The van der Waals surface area contributed by atoms with Gasteiger partial charge in [0.1, 0.15) is 0 Å². The van der Waals surface area contributed by atoms with Gasteiger partial charge in [0.2, 0.25) is 0 Å². The number of carbonyl (C=O) groups is 2. The van der Waals surface area contributed by atoms with E-state index in [0.29, 0.717) is 22.4 Å². The highest BCUT2D eigenvalue weighted by atomic mass is 16.2. The van der Waals surface area contributed by atoms with Crippen LogP contribution in [0.25, 0.3) is 11.3 Å². The number of carbonyl (C=O) groups excluding carboxylic acids is 2. The average Bonchev–Trinajstić information content (AvgIpc) is 2.65. The molecule has 2 heterocycles. The number of rotatable bonds is 1. The lowest BCUT2D eigenvalue weighted by Crippen LogP contribution is -2.24. The van der Waals surface area contributed by atoms with Gasteiger partial charge in [-0.15, -0.1) is 0 Å². The molecule has 3 rings (SSSR count). The Hall–Kier alpha value is -2.49. The molecule has 0 aliphatic carbocycles. The van der Waals surface area contributed by atoms with Gasteiger partial charge in [-0.1, -0.05) is 18.2 Å². The molecule has 4 heteroatoms. The highest BCUT2D eigenvalue weighted by molar-refractivity contribution is 6.23. The highest BCUT2D eigenvalue weighted by Crippen LogP contribution is 2.30. The Bertz CT molecular complexity index is 650. The maximum atomic E-state index is 12.1. The molecule has 0 radical (unpaired) electrons. The van der Waals surface area contributed by atoms with Crippen LogP contribution in [-0.4, -0.2) is 28.7 Å². The molecular weight excluding hydrogens is 228 g/mol. The van der Waals surface area contributed by atoms with Crippen LogP contribution in [0, 0.1) is 0 Å². The summed E-state index contributed by atoms with van der Waals surface area (Å²) in [5.41, 5.74) is 2.30. The SMILES string of the molecule is CN1C(=O)c2cccc(-c3ccccn3)c2C1=O. The molecule has 1 aliphatic rings. The van der Waals surface area contributed by atoms with Crippen molar-refractivity contribution < 1.29 is 9.59 Å². The molecular formula is C14H10N2O2. The van der Waals surface area contributed by atoms with E-state index in [1.54, 1.807) is 18.3 Å². The number of hydrogen-bond acceptors (Lipinski definition) is 3. The van der Waals surface area contributed by atoms with Crippen LogP contribution in [-0.2, 0) is 0 Å². The number of fused-ring (bicyclic) bond motifs is 1. The van der Waals surface area contributed by atoms with E-state index in [9.17, 15) is 9.59 Å². The summed E-state index contributed by atoms with van der Waals surface area (Å²) in [6.45, 7) is 0. The van der Waals surface area contributed by atoms with Crippen molar-refractivity contribution in [3.8, 4) is 11.3 Å². The number of benzene rings is 1. The molecule has 2 aromatic rings. The van der Waals surface area contributed by atoms with Gasteiger partial charge >= 0.3 is 0 Å². The van der Waals surface area contributed by atoms with Gasteiger partial charge in [0.05, 0.1) is 16.8 Å². The molecule has 0 spiro atoms. The van der Waals surface area contributed by atoms with Gasteiger partial charge in [0, 0.05) is 18.8 Å². The van der Waals surface area contributed by atoms with Gasteiger partial charge in [-0.25, -0.2) is 0 Å². The van der Waals surface area contributed by atoms with E-state index in [1.807, 2.05) is 24.3 Å². The van der Waals surface area contributed by atoms with E-state index >= 15 is 0 Å². The minimum Gasteiger partial charge on any atom is -0.277 e. The molecule has 0 saturated carbocycles. The van der Waals surface area contributed by atoms with E-state index in [-0.39, 0.29) is 11.8 Å². The fraction of sp³-hybridized carbons (Fsp3) is 0.0714. The Morgan fingerprint density at radius 2 is 1.72 bits per heavy atom. The Balaban J connectivity index is 2.27. The molecule has 0 atom stereocenters. The van der Waals surface area contributed by atoms with Crippen molar-refractivity contribution >= 4 is 11.8 Å². The first-order valence-electron chi connectivity index (χ1n) is 5.57. The van der Waals surface area contributed by atoms with Crippen LogP contribution in [0.1, 0.15) is 20.7 Å². The highest BCUT2D eigenvalue weighted by Gasteiger charge is 2.34. The predicted octanol–water partition coefficient (Wildman–Crippen LogP) is 1.97. The summed E-state index contributed by atoms with van der Waals surface area (Å²) in [5.74, 6) is -0.524. The molecule has 2 amide bonds. The first kappa shape index (κ1) is 10.7. The van der Waals surface area contributed by atoms with Crippen LogP contribution in [0.3, 0.4) is 0 Å². The third kappa shape index (κ3) is 1.35. The fourth-order valence-electron chi connectivity index (χ4n) is 2.14. The van der Waals surface area contributed by atoms with Crippen molar-refractivity contribution in [1.29, 1.82) is 0 Å². The van der Waals surface area contributed by atoms with Crippen LogP contribution < -0.4 is 0 Å². The van der Waals surface area contributed by atoms with E-state index < -0.39 is 0 Å². The number of pyridine rings is 1. The monoisotopic (exact) mass is 238 g/mol. The van der Waals surface area contributed by atoms with Crippen LogP contribution in [0.5, 0.6) is 0 Å². The van der Waals surface area contributed by atoms with Crippen molar-refractivity contribution in [3.63, 3.8) is 0 Å². The summed E-state index contributed by atoms with van der Waals surface area (Å²) in [7, 11) is 1.49. The Kier molecular flexibility index (Phi) is 2.23. The van der Waals surface area contributed by atoms with Gasteiger partial charge in [0.25, 0.3) is 11.8 Å². The van der Waals surface area contributed by atoms with Crippen LogP contribution >= 0.6 is 0 Å². The van der Waals surface area contributed by atoms with Crippen molar-refractivity contribution in [1.82, 2.24) is 9.88 Å². The summed E-state index contributed by atoms with van der Waals surface area (Å²) in [6.07, 6.45) is 1.67.